The number of fused-ring (bicyclic) bond motifs is 3. The molecule has 0 bridgehead atoms. The zero-order valence-corrected chi connectivity index (χ0v) is 77.8. The minimum atomic E-state index is -4.91. The van der Waals surface area contributed by atoms with Crippen LogP contribution in [0.25, 0.3) is 33.8 Å². The number of nitrogens with one attached hydrogen (secondary N) is 4. The third-order valence-corrected chi connectivity index (χ3v) is 24.7. The average molecular weight is 2040 g/mol. The van der Waals surface area contributed by atoms with Crippen LogP contribution < -0.4 is 62.0 Å². The summed E-state index contributed by atoms with van der Waals surface area (Å²) in [6.07, 6.45) is -17.4. The van der Waals surface area contributed by atoms with Crippen LogP contribution in [0.1, 0.15) is 126 Å². The molecule has 5 aliphatic rings. The minimum Gasteiger partial charge on any atom is -0.493 e. The van der Waals surface area contributed by atoms with Gasteiger partial charge in [-0.2, -0.15) is 52.7 Å². The van der Waals surface area contributed by atoms with Crippen LogP contribution in [0.5, 0.6) is 17.2 Å². The number of halogens is 20. The molecule has 14 rings (SSSR count). The fourth-order valence-electron chi connectivity index (χ4n) is 16.9. The van der Waals surface area contributed by atoms with Crippen molar-refractivity contribution < 1.29 is 154 Å². The van der Waals surface area contributed by atoms with Crippen molar-refractivity contribution in [2.75, 3.05) is 95.8 Å². The quantitative estimate of drug-likeness (QED) is 0.0200. The first-order valence-electron chi connectivity index (χ1n) is 44.0. The summed E-state index contributed by atoms with van der Waals surface area (Å²) in [7, 11) is 7.42. The molecule has 3 aromatic heterocycles. The molecule has 3 amide bonds. The monoisotopic (exact) mass is 2040 g/mol. The number of esters is 3. The highest BCUT2D eigenvalue weighted by Gasteiger charge is 2.50. The lowest BCUT2D eigenvalue weighted by Gasteiger charge is -2.38. The van der Waals surface area contributed by atoms with Crippen LogP contribution in [-0.2, 0) is 104 Å². The molecule has 770 valence electrons. The molecule has 143 heavy (non-hydrogen) atoms. The lowest BCUT2D eigenvalue weighted by Crippen LogP contribution is -2.54. The van der Waals surface area contributed by atoms with E-state index in [9.17, 15) is 109 Å². The number of carbonyl (C=O) groups is 6. The first-order chi connectivity index (χ1) is 67.3. The number of anilines is 3. The molecule has 49 heteroatoms. The number of ether oxygens (including phenoxy) is 8. The zero-order chi connectivity index (χ0) is 105. The summed E-state index contributed by atoms with van der Waals surface area (Å²) >= 11 is 0. The second-order valence-electron chi connectivity index (χ2n) is 33.6. The van der Waals surface area contributed by atoms with Crippen LogP contribution in [-0.4, -0.2) is 200 Å². The van der Waals surface area contributed by atoms with Crippen molar-refractivity contribution in [3.05, 3.63) is 223 Å². The van der Waals surface area contributed by atoms with Gasteiger partial charge in [0.2, 0.25) is 0 Å². The van der Waals surface area contributed by atoms with Gasteiger partial charge in [0.05, 0.1) is 90.3 Å². The molecule has 6 aromatic carbocycles. The summed E-state index contributed by atoms with van der Waals surface area (Å²) in [4.78, 5) is 130. The normalized spacial score (nSPS) is 16.1. The predicted molar refractivity (Wildman–Crippen MR) is 470 cm³/mol. The van der Waals surface area contributed by atoms with Crippen LogP contribution in [0.15, 0.2) is 81.2 Å². The smallest absolute Gasteiger partial charge is 0.434 e. The highest BCUT2D eigenvalue weighted by Crippen LogP contribution is 2.44. The first-order valence-corrected chi connectivity index (χ1v) is 44.0. The fourth-order valence-corrected chi connectivity index (χ4v) is 16.9. The molecule has 2 fully saturated rings. The van der Waals surface area contributed by atoms with Crippen molar-refractivity contribution >= 4 is 52.7 Å². The van der Waals surface area contributed by atoms with Crippen LogP contribution in [0.4, 0.5) is 105 Å². The molecule has 8 heterocycles. The minimum absolute atomic E-state index is 0.0376. The summed E-state index contributed by atoms with van der Waals surface area (Å²) in [5.74, 6) is -20.9. The number of nitrogens with zero attached hydrogens (tertiary/aromatic N) is 8. The number of aromatic nitrogens is 6. The van der Waals surface area contributed by atoms with Gasteiger partial charge in [0.1, 0.15) is 111 Å². The van der Waals surface area contributed by atoms with E-state index in [2.05, 4.69) is 30.9 Å². The Morgan fingerprint density at radius 1 is 0.462 bits per heavy atom. The molecule has 2 saturated heterocycles. The highest BCUT2D eigenvalue weighted by molar-refractivity contribution is 6.00. The number of hydrogen-bond donors (Lipinski definition) is 4. The van der Waals surface area contributed by atoms with Crippen molar-refractivity contribution in [1.82, 2.24) is 44.6 Å². The van der Waals surface area contributed by atoms with Crippen LogP contribution >= 0.6 is 0 Å². The molecule has 4 N–H and O–H groups in total. The molecular weight excluding hydrogens is 1950 g/mol. The van der Waals surface area contributed by atoms with Gasteiger partial charge in [-0.05, 0) is 136 Å². The zero-order valence-electron chi connectivity index (χ0n) is 77.8. The van der Waals surface area contributed by atoms with E-state index in [4.69, 9.17) is 37.9 Å². The lowest BCUT2D eigenvalue weighted by atomic mass is 9.91. The second kappa shape index (κ2) is 43.9. The topological polar surface area (TPSA) is 336 Å². The molecule has 0 aliphatic carbocycles. The van der Waals surface area contributed by atoms with Crippen molar-refractivity contribution in [2.24, 2.45) is 21.1 Å². The van der Waals surface area contributed by atoms with E-state index >= 15 is 22.0 Å². The summed E-state index contributed by atoms with van der Waals surface area (Å²) < 4.78 is 328. The van der Waals surface area contributed by atoms with Crippen molar-refractivity contribution in [3.63, 3.8) is 0 Å². The molecule has 9 aromatic rings. The Hall–Kier alpha value is -13.9. The fraction of sp³-hybridized carbons (Fsp3) is 0.426. The maximum Gasteiger partial charge on any atom is 0.434 e. The van der Waals surface area contributed by atoms with Crippen molar-refractivity contribution in [2.45, 2.75) is 160 Å². The third kappa shape index (κ3) is 23.2. The molecule has 0 unspecified atom stereocenters. The summed E-state index contributed by atoms with van der Waals surface area (Å²) in [5, 5.41) is 8.25. The van der Waals surface area contributed by atoms with Crippen molar-refractivity contribution in [3.8, 4) is 51.0 Å². The Bertz CT molecular complexity index is 6610. The number of aryl methyl sites for hydroxylation is 3. The van der Waals surface area contributed by atoms with Gasteiger partial charge in [0.25, 0.3) is 34.4 Å². The van der Waals surface area contributed by atoms with Gasteiger partial charge in [-0.3, -0.25) is 28.8 Å². The van der Waals surface area contributed by atoms with Gasteiger partial charge in [0.15, 0.2) is 29.0 Å². The number of hydrogen-bond acceptors (Lipinski definition) is 23. The predicted octanol–water partition coefficient (Wildman–Crippen LogP) is 13.5. The van der Waals surface area contributed by atoms with Gasteiger partial charge in [0, 0.05) is 106 Å². The third-order valence-electron chi connectivity index (χ3n) is 24.7. The van der Waals surface area contributed by atoms with Gasteiger partial charge >= 0.3 is 42.6 Å². The number of alkyl halides is 12. The van der Waals surface area contributed by atoms with Gasteiger partial charge in [-0.1, -0.05) is 25.1 Å². The van der Waals surface area contributed by atoms with Crippen LogP contribution in [0, 0.1) is 74.2 Å². The summed E-state index contributed by atoms with van der Waals surface area (Å²) in [6, 6.07) is -0.756. The highest BCUT2D eigenvalue weighted by atomic mass is 19.4. The summed E-state index contributed by atoms with van der Waals surface area (Å²) in [5.41, 5.74) is -3.42. The largest absolute Gasteiger partial charge is 0.493 e. The SMILES string of the molecule is CC[C@@H](Nc1cc(F)c(C(=O)N[C@@H](Cc2ccc(-c3nc(C)c(C)n(C)c3=O)c3c2CCCO3)C(=O)OC)c(F)c1F)C(F)(F)F.COC(=O)[C@H](Cc1ccc(-c2nc(C(F)(F)F)cn(C)c2=O)c2c1CCCO2)NC(=O)c1c(F)cc(N2CCOC[C@@H]2C(F)(F)F)cc1F.COC(=O)[C@H](Cc1ccc(-c2nc(C)c(C)n(C)c2=O)c2c1CCCO2)NC(=O)c1c(F)cc(N2CCOC[C@@H]2C(F)(F)F)c(F)c1F. The first kappa shape index (κ1) is 108. The van der Waals surface area contributed by atoms with E-state index in [0.717, 1.165) is 39.9 Å². The molecule has 29 nitrogen and oxygen atoms in total. The van der Waals surface area contributed by atoms with Gasteiger partial charge in [-0.15, -0.1) is 0 Å². The standard InChI is InChI=1S/C32H32F6N4O6.C31H28F8N4O6.C31H32F6N4O5/c1-15-16(2)41(3)30(44)27(39-15)19-8-7-17(18-6-5-10-48-28(18)19)12-21(31(45)46-4)40-29(43)24-20(33)13-22(25(34)26(24)35)42-9-11-47-14-23(42)32(36,37)38;1-42-13-22(30(34,35)36)41-25(28(42)45)18-6-5-15(17-4-3-8-49-26(17)18)10-21(29(46)47-2)40-27(44)24-19(32)11-16(12-20(24)33)43-7-9-48-14-23(43)31(37,38)39;1-6-22(31(35,36)37)39-20-13-19(32)23(25(34)24(20)33)28(42)40-21(30(44)45-5)12-16-9-10-18(27-17(16)8-7-11-46-27)26-29(43)41(4)15(3)14(2)38-26/h7-8,13,21,23H,5-6,9-12,14H2,1-4H3,(H,40,43);5-6,11-13,21,23H,3-4,7-10,14H2,1-2H3,(H,40,44);9-10,13,21-22,39H,6-8,11-12H2,1-5H3,(H,40,42)/t2*21-,23+;21-,22+/m000/s1. The Kier molecular flexibility index (Phi) is 33.1. The number of methoxy groups -OCH3 is 3. The Balaban J connectivity index is 0.000000191. The maximum atomic E-state index is 15.3. The Labute approximate surface area is 799 Å². The van der Waals surface area contributed by atoms with E-state index in [-0.39, 0.29) is 91.9 Å². The van der Waals surface area contributed by atoms with Crippen LogP contribution in [0.2, 0.25) is 0 Å². The average Bonchev–Trinajstić information content (AvgIpc) is 0.771. The van der Waals surface area contributed by atoms with Crippen LogP contribution in [0.3, 0.4) is 0 Å². The lowest BCUT2D eigenvalue weighted by molar-refractivity contribution is -0.168. The molecule has 5 aliphatic heterocycles. The van der Waals surface area contributed by atoms with E-state index in [1.165, 1.54) is 21.3 Å². The van der Waals surface area contributed by atoms with Crippen molar-refractivity contribution in [1.29, 1.82) is 0 Å². The van der Waals surface area contributed by atoms with E-state index in [0.29, 0.717) is 158 Å². The van der Waals surface area contributed by atoms with E-state index < -0.39 is 220 Å². The number of amides is 3. The molecular formula is C94H92F20N12O17. The summed E-state index contributed by atoms with van der Waals surface area (Å²) in [6.45, 7) is 6.10. The van der Waals surface area contributed by atoms with E-state index in [1.54, 1.807) is 71.4 Å². The van der Waals surface area contributed by atoms with Gasteiger partial charge in [-0.25, -0.2) is 64.5 Å². The number of carbonyl (C=O) groups excluding carboxylic acids is 6. The van der Waals surface area contributed by atoms with E-state index in [1.807, 2.05) is 0 Å². The molecule has 0 spiro atoms. The molecule has 0 saturated carbocycles. The van der Waals surface area contributed by atoms with Gasteiger partial charge < -0.3 is 82.7 Å². The second-order valence-corrected chi connectivity index (χ2v) is 33.6. The number of morpholine rings is 2. The number of rotatable bonds is 23. The molecule has 0 radical (unpaired) electrons. The Morgan fingerprint density at radius 3 is 1.20 bits per heavy atom. The number of benzene rings is 6. The maximum absolute atomic E-state index is 15.3. The Morgan fingerprint density at radius 2 is 0.825 bits per heavy atom. The molecule has 6 atom stereocenters.